The van der Waals surface area contributed by atoms with Crippen LogP contribution < -0.4 is 14.8 Å². The highest BCUT2D eigenvalue weighted by Gasteiger charge is 2.11. The summed E-state index contributed by atoms with van der Waals surface area (Å²) in [5.41, 5.74) is 1.23. The topological polar surface area (TPSA) is 39.7 Å². The summed E-state index contributed by atoms with van der Waals surface area (Å²) in [6.07, 6.45) is 2.24. The number of hydrogen-bond acceptors (Lipinski definition) is 4. The number of nitrogens with one attached hydrogen (secondary N) is 1. The van der Waals surface area contributed by atoms with Gasteiger partial charge in [0, 0.05) is 20.3 Å². The van der Waals surface area contributed by atoms with E-state index in [0.29, 0.717) is 13.2 Å². The fraction of sp³-hybridized carbons (Fsp3) is 0.571. The standard InChI is InChI=1S/C14H21NO3/c1-16-7-3-2-6-15-11-12-4-5-13-14(10-12)18-9-8-17-13/h4-5,10,15H,2-3,6-9,11H2,1H3. The number of fused-ring (bicyclic) bond motifs is 1. The van der Waals surface area contributed by atoms with Crippen LogP contribution >= 0.6 is 0 Å². The zero-order valence-electron chi connectivity index (χ0n) is 10.9. The number of methoxy groups -OCH3 is 1. The fourth-order valence-corrected chi connectivity index (χ4v) is 1.93. The van der Waals surface area contributed by atoms with Gasteiger partial charge in [0.2, 0.25) is 0 Å². The molecule has 1 aliphatic rings. The molecule has 0 unspecified atom stereocenters. The Morgan fingerprint density at radius 2 is 2.00 bits per heavy atom. The van der Waals surface area contributed by atoms with Crippen LogP contribution in [0.1, 0.15) is 18.4 Å². The molecule has 0 radical (unpaired) electrons. The van der Waals surface area contributed by atoms with E-state index < -0.39 is 0 Å². The molecule has 100 valence electrons. The van der Waals surface area contributed by atoms with Crippen LogP contribution in [0.3, 0.4) is 0 Å². The van der Waals surface area contributed by atoms with E-state index in [-0.39, 0.29) is 0 Å². The van der Waals surface area contributed by atoms with Crippen LogP contribution in [-0.4, -0.2) is 33.5 Å². The van der Waals surface area contributed by atoms with Gasteiger partial charge in [0.1, 0.15) is 13.2 Å². The lowest BCUT2D eigenvalue weighted by Gasteiger charge is -2.19. The first kappa shape index (κ1) is 13.2. The summed E-state index contributed by atoms with van der Waals surface area (Å²) in [5, 5.41) is 3.42. The molecule has 4 nitrogen and oxygen atoms in total. The van der Waals surface area contributed by atoms with E-state index in [1.807, 2.05) is 6.07 Å². The first-order chi connectivity index (χ1) is 8.90. The van der Waals surface area contributed by atoms with Crippen molar-refractivity contribution in [3.05, 3.63) is 23.8 Å². The third-order valence-corrected chi connectivity index (χ3v) is 2.89. The van der Waals surface area contributed by atoms with E-state index in [2.05, 4.69) is 17.4 Å². The fourth-order valence-electron chi connectivity index (χ4n) is 1.93. The normalized spacial score (nSPS) is 13.6. The Morgan fingerprint density at radius 1 is 1.17 bits per heavy atom. The quantitative estimate of drug-likeness (QED) is 0.752. The summed E-state index contributed by atoms with van der Waals surface area (Å²) in [6, 6.07) is 6.11. The number of rotatable bonds is 7. The molecule has 1 aromatic carbocycles. The smallest absolute Gasteiger partial charge is 0.161 e. The minimum absolute atomic E-state index is 0.640. The highest BCUT2D eigenvalue weighted by atomic mass is 16.6. The van der Waals surface area contributed by atoms with E-state index >= 15 is 0 Å². The van der Waals surface area contributed by atoms with Gasteiger partial charge >= 0.3 is 0 Å². The third kappa shape index (κ3) is 3.89. The molecule has 1 aliphatic heterocycles. The van der Waals surface area contributed by atoms with Gasteiger partial charge in [0.05, 0.1) is 0 Å². The first-order valence-corrected chi connectivity index (χ1v) is 6.48. The Bertz CT molecular complexity index is 368. The van der Waals surface area contributed by atoms with Crippen molar-refractivity contribution in [3.63, 3.8) is 0 Å². The van der Waals surface area contributed by atoms with Gasteiger partial charge in [-0.2, -0.15) is 0 Å². The maximum Gasteiger partial charge on any atom is 0.161 e. The van der Waals surface area contributed by atoms with E-state index in [0.717, 1.165) is 44.0 Å². The number of benzene rings is 1. The summed E-state index contributed by atoms with van der Waals surface area (Å²) in [7, 11) is 1.74. The molecule has 0 fully saturated rings. The summed E-state index contributed by atoms with van der Waals surface area (Å²) >= 11 is 0. The monoisotopic (exact) mass is 251 g/mol. The second kappa shape index (κ2) is 7.24. The number of hydrogen-bond donors (Lipinski definition) is 1. The van der Waals surface area contributed by atoms with Crippen molar-refractivity contribution >= 4 is 0 Å². The van der Waals surface area contributed by atoms with Crippen LogP contribution in [0, 0.1) is 0 Å². The lowest BCUT2D eigenvalue weighted by atomic mass is 10.2. The highest BCUT2D eigenvalue weighted by molar-refractivity contribution is 5.43. The third-order valence-electron chi connectivity index (χ3n) is 2.89. The zero-order chi connectivity index (χ0) is 12.6. The molecule has 2 rings (SSSR count). The van der Waals surface area contributed by atoms with Gasteiger partial charge in [-0.05, 0) is 37.1 Å². The van der Waals surface area contributed by atoms with Gasteiger partial charge in [0.25, 0.3) is 0 Å². The molecule has 0 amide bonds. The molecule has 0 bridgehead atoms. The van der Waals surface area contributed by atoms with E-state index in [1.54, 1.807) is 7.11 Å². The average molecular weight is 251 g/mol. The Labute approximate surface area is 108 Å². The minimum atomic E-state index is 0.640. The summed E-state index contributed by atoms with van der Waals surface area (Å²) < 4.78 is 16.1. The summed E-state index contributed by atoms with van der Waals surface area (Å²) in [4.78, 5) is 0. The average Bonchev–Trinajstić information content (AvgIpc) is 2.42. The van der Waals surface area contributed by atoms with Gasteiger partial charge < -0.3 is 19.5 Å². The largest absolute Gasteiger partial charge is 0.486 e. The van der Waals surface area contributed by atoms with Crippen LogP contribution in [0.15, 0.2) is 18.2 Å². The van der Waals surface area contributed by atoms with Crippen LogP contribution in [-0.2, 0) is 11.3 Å². The van der Waals surface area contributed by atoms with Crippen molar-refractivity contribution < 1.29 is 14.2 Å². The SMILES string of the molecule is COCCCCNCc1ccc2c(c1)OCCO2. The molecule has 0 atom stereocenters. The number of ether oxygens (including phenoxy) is 3. The lowest BCUT2D eigenvalue weighted by molar-refractivity contribution is 0.171. The maximum atomic E-state index is 5.55. The van der Waals surface area contributed by atoms with Crippen molar-refractivity contribution in [3.8, 4) is 11.5 Å². The zero-order valence-corrected chi connectivity index (χ0v) is 10.9. The van der Waals surface area contributed by atoms with Crippen molar-refractivity contribution in [1.29, 1.82) is 0 Å². The Kier molecular flexibility index (Phi) is 5.30. The molecule has 0 saturated carbocycles. The molecule has 0 spiro atoms. The summed E-state index contributed by atoms with van der Waals surface area (Å²) in [5.74, 6) is 1.71. The molecule has 0 aromatic heterocycles. The maximum absolute atomic E-state index is 5.55. The predicted molar refractivity (Wildman–Crippen MR) is 70.2 cm³/mol. The van der Waals surface area contributed by atoms with Crippen LogP contribution in [0.4, 0.5) is 0 Å². The van der Waals surface area contributed by atoms with E-state index in [9.17, 15) is 0 Å². The molecule has 4 heteroatoms. The van der Waals surface area contributed by atoms with Crippen molar-refractivity contribution in [1.82, 2.24) is 5.32 Å². The molecule has 0 aliphatic carbocycles. The predicted octanol–water partition coefficient (Wildman–Crippen LogP) is 1.97. The summed E-state index contributed by atoms with van der Waals surface area (Å²) in [6.45, 7) is 4.00. The van der Waals surface area contributed by atoms with Gasteiger partial charge in [0.15, 0.2) is 11.5 Å². The van der Waals surface area contributed by atoms with Gasteiger partial charge in [-0.25, -0.2) is 0 Å². The molecule has 18 heavy (non-hydrogen) atoms. The van der Waals surface area contributed by atoms with Crippen LogP contribution in [0.2, 0.25) is 0 Å². The van der Waals surface area contributed by atoms with Gasteiger partial charge in [-0.15, -0.1) is 0 Å². The molecular weight excluding hydrogens is 230 g/mol. The van der Waals surface area contributed by atoms with E-state index in [1.165, 1.54) is 5.56 Å². The Morgan fingerprint density at radius 3 is 2.83 bits per heavy atom. The molecule has 1 N–H and O–H groups in total. The lowest BCUT2D eigenvalue weighted by Crippen LogP contribution is -2.17. The molecule has 1 aromatic rings. The first-order valence-electron chi connectivity index (χ1n) is 6.48. The second-order valence-electron chi connectivity index (χ2n) is 4.35. The highest BCUT2D eigenvalue weighted by Crippen LogP contribution is 2.30. The second-order valence-corrected chi connectivity index (χ2v) is 4.35. The van der Waals surface area contributed by atoms with Crippen molar-refractivity contribution in [2.75, 3.05) is 33.5 Å². The number of unbranched alkanes of at least 4 members (excludes halogenated alkanes) is 1. The molecule has 0 saturated heterocycles. The van der Waals surface area contributed by atoms with E-state index in [4.69, 9.17) is 14.2 Å². The van der Waals surface area contributed by atoms with Crippen LogP contribution in [0.25, 0.3) is 0 Å². The molecular formula is C14H21NO3. The van der Waals surface area contributed by atoms with Crippen molar-refractivity contribution in [2.45, 2.75) is 19.4 Å². The molecule has 1 heterocycles. The minimum Gasteiger partial charge on any atom is -0.486 e. The van der Waals surface area contributed by atoms with Gasteiger partial charge in [-0.3, -0.25) is 0 Å². The van der Waals surface area contributed by atoms with Gasteiger partial charge in [-0.1, -0.05) is 6.07 Å². The Hall–Kier alpha value is -1.26. The van der Waals surface area contributed by atoms with Crippen LogP contribution in [0.5, 0.6) is 11.5 Å². The Balaban J connectivity index is 1.72. The van der Waals surface area contributed by atoms with Crippen molar-refractivity contribution in [2.24, 2.45) is 0 Å².